The molecule has 0 aliphatic rings. The Morgan fingerprint density at radius 2 is 2.14 bits per heavy atom. The molecular formula is C16H22N4O. The molecular weight excluding hydrogens is 264 g/mol. The first-order valence-electron chi connectivity index (χ1n) is 7.32. The maximum absolute atomic E-state index is 11.7. The van der Waals surface area contributed by atoms with Gasteiger partial charge in [-0.15, -0.1) is 0 Å². The van der Waals surface area contributed by atoms with Gasteiger partial charge in [0.25, 0.3) is 5.91 Å². The first-order chi connectivity index (χ1) is 10.2. The molecule has 1 amide bonds. The van der Waals surface area contributed by atoms with Crippen molar-refractivity contribution in [3.8, 4) is 0 Å². The molecule has 21 heavy (non-hydrogen) atoms. The summed E-state index contributed by atoms with van der Waals surface area (Å²) in [5.74, 6) is 0.0368. The summed E-state index contributed by atoms with van der Waals surface area (Å²) in [4.78, 5) is 16.2. The van der Waals surface area contributed by atoms with Gasteiger partial charge in [0.15, 0.2) is 0 Å². The number of para-hydroxylation sites is 1. The molecule has 0 radical (unpaired) electrons. The van der Waals surface area contributed by atoms with Gasteiger partial charge in [-0.3, -0.25) is 4.79 Å². The molecule has 0 fully saturated rings. The number of pyridine rings is 1. The van der Waals surface area contributed by atoms with Crippen LogP contribution >= 0.6 is 0 Å². The molecule has 5 heteroatoms. The van der Waals surface area contributed by atoms with Crippen molar-refractivity contribution in [2.75, 3.05) is 11.9 Å². The summed E-state index contributed by atoms with van der Waals surface area (Å²) in [6.07, 6.45) is 3.13. The van der Waals surface area contributed by atoms with E-state index < -0.39 is 5.91 Å². The van der Waals surface area contributed by atoms with E-state index in [9.17, 15) is 4.79 Å². The van der Waals surface area contributed by atoms with Crippen LogP contribution in [0.25, 0.3) is 10.9 Å². The van der Waals surface area contributed by atoms with Crippen LogP contribution in [0.1, 0.15) is 36.5 Å². The molecule has 5 N–H and O–H groups in total. The number of aromatic nitrogens is 1. The number of carbonyl (C=O) groups is 1. The van der Waals surface area contributed by atoms with Crippen LogP contribution in [0.5, 0.6) is 0 Å². The minimum absolute atomic E-state index is 0.0942. The van der Waals surface area contributed by atoms with E-state index in [1.807, 2.05) is 24.3 Å². The smallest absolute Gasteiger partial charge is 0.252 e. The van der Waals surface area contributed by atoms with Gasteiger partial charge < -0.3 is 16.8 Å². The van der Waals surface area contributed by atoms with Gasteiger partial charge in [0.2, 0.25) is 0 Å². The van der Waals surface area contributed by atoms with E-state index in [0.29, 0.717) is 17.9 Å². The summed E-state index contributed by atoms with van der Waals surface area (Å²) in [6.45, 7) is 2.63. The standard InChI is InChI=1S/C16H22N4O/c1-2-3-7-12(10-17)19-16-13(15(18)21)9-11-6-4-5-8-14(11)20-16/h4-6,8-9,12H,2-3,7,10,17H2,1H3,(H2,18,21)(H,19,20). The van der Waals surface area contributed by atoms with Crippen molar-refractivity contribution >= 4 is 22.6 Å². The fourth-order valence-electron chi connectivity index (χ4n) is 2.31. The van der Waals surface area contributed by atoms with Crippen molar-refractivity contribution in [3.63, 3.8) is 0 Å². The van der Waals surface area contributed by atoms with Crippen LogP contribution < -0.4 is 16.8 Å². The SMILES string of the molecule is CCCCC(CN)Nc1nc2ccccc2cc1C(N)=O. The number of hydrogen-bond acceptors (Lipinski definition) is 4. The molecule has 5 nitrogen and oxygen atoms in total. The topological polar surface area (TPSA) is 94.0 Å². The zero-order valence-electron chi connectivity index (χ0n) is 12.3. The summed E-state index contributed by atoms with van der Waals surface area (Å²) in [6, 6.07) is 9.52. The number of unbranched alkanes of at least 4 members (excludes halogenated alkanes) is 1. The van der Waals surface area contributed by atoms with Crippen LogP contribution in [0, 0.1) is 0 Å². The molecule has 1 aromatic carbocycles. The quantitative estimate of drug-likeness (QED) is 0.727. The average molecular weight is 286 g/mol. The number of anilines is 1. The minimum atomic E-state index is -0.484. The van der Waals surface area contributed by atoms with E-state index in [1.54, 1.807) is 6.07 Å². The third-order valence-electron chi connectivity index (χ3n) is 3.52. The first kappa shape index (κ1) is 15.3. The molecule has 0 aliphatic heterocycles. The lowest BCUT2D eigenvalue weighted by Gasteiger charge is -2.19. The van der Waals surface area contributed by atoms with E-state index in [4.69, 9.17) is 11.5 Å². The number of nitrogens with two attached hydrogens (primary N) is 2. The number of primary amides is 1. The molecule has 1 atom stereocenters. The Morgan fingerprint density at radius 3 is 2.81 bits per heavy atom. The van der Waals surface area contributed by atoms with Gasteiger partial charge in [-0.25, -0.2) is 4.98 Å². The number of nitrogens with one attached hydrogen (secondary N) is 1. The number of rotatable bonds is 7. The van der Waals surface area contributed by atoms with Crippen molar-refractivity contribution in [1.82, 2.24) is 4.98 Å². The zero-order chi connectivity index (χ0) is 15.2. The van der Waals surface area contributed by atoms with Gasteiger partial charge in [0.05, 0.1) is 11.1 Å². The van der Waals surface area contributed by atoms with Crippen LogP contribution in [-0.2, 0) is 0 Å². The lowest BCUT2D eigenvalue weighted by atomic mass is 10.1. The molecule has 0 spiro atoms. The second-order valence-electron chi connectivity index (χ2n) is 5.16. The zero-order valence-corrected chi connectivity index (χ0v) is 12.3. The monoisotopic (exact) mass is 286 g/mol. The Morgan fingerprint density at radius 1 is 1.38 bits per heavy atom. The summed E-state index contributed by atoms with van der Waals surface area (Å²) >= 11 is 0. The molecule has 0 aliphatic carbocycles. The average Bonchev–Trinajstić information content (AvgIpc) is 2.50. The lowest BCUT2D eigenvalue weighted by molar-refractivity contribution is 0.100. The Balaban J connectivity index is 2.35. The molecule has 0 saturated carbocycles. The van der Waals surface area contributed by atoms with Crippen molar-refractivity contribution in [1.29, 1.82) is 0 Å². The molecule has 2 aromatic rings. The summed E-state index contributed by atoms with van der Waals surface area (Å²) in [7, 11) is 0. The van der Waals surface area contributed by atoms with Crippen molar-refractivity contribution in [2.45, 2.75) is 32.2 Å². The Bertz CT molecular complexity index is 627. The number of amides is 1. The van der Waals surface area contributed by atoms with Crippen LogP contribution in [-0.4, -0.2) is 23.5 Å². The number of fused-ring (bicyclic) bond motifs is 1. The number of benzene rings is 1. The Hall–Kier alpha value is -2.14. The molecule has 1 unspecified atom stereocenters. The van der Waals surface area contributed by atoms with E-state index >= 15 is 0 Å². The molecule has 0 saturated heterocycles. The highest BCUT2D eigenvalue weighted by Gasteiger charge is 2.15. The second-order valence-corrected chi connectivity index (χ2v) is 5.16. The van der Waals surface area contributed by atoms with Crippen molar-refractivity contribution in [3.05, 3.63) is 35.9 Å². The maximum Gasteiger partial charge on any atom is 0.252 e. The van der Waals surface area contributed by atoms with Crippen LogP contribution in [0.3, 0.4) is 0 Å². The Kier molecular flexibility index (Phi) is 5.11. The predicted octanol–water partition coefficient (Wildman–Crippen LogP) is 2.26. The van der Waals surface area contributed by atoms with Crippen molar-refractivity contribution < 1.29 is 4.79 Å². The molecule has 0 bridgehead atoms. The highest BCUT2D eigenvalue weighted by molar-refractivity contribution is 6.01. The number of carbonyl (C=O) groups excluding carboxylic acids is 1. The highest BCUT2D eigenvalue weighted by atomic mass is 16.1. The summed E-state index contributed by atoms with van der Waals surface area (Å²) in [5.41, 5.74) is 12.5. The predicted molar refractivity (Wildman–Crippen MR) is 86.3 cm³/mol. The summed E-state index contributed by atoms with van der Waals surface area (Å²) in [5, 5.41) is 4.17. The lowest BCUT2D eigenvalue weighted by Crippen LogP contribution is -2.30. The van der Waals surface area contributed by atoms with Gasteiger partial charge >= 0.3 is 0 Å². The van der Waals surface area contributed by atoms with Gasteiger partial charge in [0.1, 0.15) is 5.82 Å². The maximum atomic E-state index is 11.7. The van der Waals surface area contributed by atoms with Crippen molar-refractivity contribution in [2.24, 2.45) is 11.5 Å². The third kappa shape index (κ3) is 3.70. The van der Waals surface area contributed by atoms with Crippen LogP contribution in [0.15, 0.2) is 30.3 Å². The van der Waals surface area contributed by atoms with Gasteiger partial charge in [-0.05, 0) is 18.6 Å². The molecule has 112 valence electrons. The first-order valence-corrected chi connectivity index (χ1v) is 7.32. The molecule has 1 aromatic heterocycles. The highest BCUT2D eigenvalue weighted by Crippen LogP contribution is 2.21. The number of nitrogens with zero attached hydrogens (tertiary/aromatic N) is 1. The molecule has 2 rings (SSSR count). The number of hydrogen-bond donors (Lipinski definition) is 3. The van der Waals surface area contributed by atoms with Crippen LogP contribution in [0.2, 0.25) is 0 Å². The largest absolute Gasteiger partial charge is 0.365 e. The van der Waals surface area contributed by atoms with E-state index in [0.717, 1.165) is 30.2 Å². The van der Waals surface area contributed by atoms with Gasteiger partial charge in [0, 0.05) is 18.0 Å². The second kappa shape index (κ2) is 7.04. The van der Waals surface area contributed by atoms with Gasteiger partial charge in [-0.2, -0.15) is 0 Å². The van der Waals surface area contributed by atoms with E-state index in [1.165, 1.54) is 0 Å². The third-order valence-corrected chi connectivity index (χ3v) is 3.52. The van der Waals surface area contributed by atoms with E-state index in [2.05, 4.69) is 17.2 Å². The van der Waals surface area contributed by atoms with Gasteiger partial charge in [-0.1, -0.05) is 38.0 Å². The molecule has 1 heterocycles. The fourth-order valence-corrected chi connectivity index (χ4v) is 2.31. The van der Waals surface area contributed by atoms with E-state index in [-0.39, 0.29) is 6.04 Å². The fraction of sp³-hybridized carbons (Fsp3) is 0.375. The normalized spacial score (nSPS) is 12.3. The Labute approximate surface area is 124 Å². The summed E-state index contributed by atoms with van der Waals surface area (Å²) < 4.78 is 0. The van der Waals surface area contributed by atoms with Crippen LogP contribution in [0.4, 0.5) is 5.82 Å². The minimum Gasteiger partial charge on any atom is -0.365 e.